The molecule has 0 saturated carbocycles. The van der Waals surface area contributed by atoms with Gasteiger partial charge in [-0.3, -0.25) is 9.59 Å². The van der Waals surface area contributed by atoms with Crippen molar-refractivity contribution in [2.75, 3.05) is 18.6 Å². The third kappa shape index (κ3) is 10.8. The monoisotopic (exact) mass is 237 g/mol. The number of amides is 1. The second-order valence-electron chi connectivity index (χ2n) is 3.23. The largest absolute Gasteiger partial charge is 0.481 e. The summed E-state index contributed by atoms with van der Waals surface area (Å²) in [6.07, 6.45) is 1.18. The Morgan fingerprint density at radius 2 is 1.87 bits per heavy atom. The van der Waals surface area contributed by atoms with Crippen LogP contribution < -0.4 is 5.32 Å². The van der Waals surface area contributed by atoms with Crippen LogP contribution in [0.3, 0.4) is 0 Å². The molecule has 0 fully saturated rings. The third-order valence-corrected chi connectivity index (χ3v) is 2.61. The van der Waals surface area contributed by atoms with E-state index in [1.54, 1.807) is 0 Å². The van der Waals surface area contributed by atoms with Crippen LogP contribution in [-0.4, -0.2) is 44.0 Å². The summed E-state index contributed by atoms with van der Waals surface area (Å²) in [5.74, 6) is -1.38. The quantitative estimate of drug-likeness (QED) is 0.576. The van der Waals surface area contributed by atoms with Crippen molar-refractivity contribution in [3.05, 3.63) is 0 Å². The van der Waals surface area contributed by atoms with Crippen LogP contribution in [-0.2, 0) is 19.4 Å². The fraction of sp³-hybridized carbons (Fsp3) is 0.750. The molecule has 88 valence electrons. The van der Waals surface area contributed by atoms with Crippen LogP contribution in [0, 0.1) is 0 Å². The van der Waals surface area contributed by atoms with Gasteiger partial charge in [0, 0.05) is 19.2 Å². The highest BCUT2D eigenvalue weighted by Gasteiger charge is 2.05. The summed E-state index contributed by atoms with van der Waals surface area (Å²) in [4.78, 5) is 21.1. The number of sulfone groups is 1. The first-order valence-electron chi connectivity index (χ1n) is 4.47. The van der Waals surface area contributed by atoms with Gasteiger partial charge < -0.3 is 10.4 Å². The molecule has 0 aromatic carbocycles. The minimum Gasteiger partial charge on any atom is -0.481 e. The van der Waals surface area contributed by atoms with E-state index in [1.165, 1.54) is 0 Å². The van der Waals surface area contributed by atoms with Crippen molar-refractivity contribution < 1.29 is 23.1 Å². The first-order valence-corrected chi connectivity index (χ1v) is 6.53. The number of aliphatic carboxylic acids is 1. The molecule has 7 heteroatoms. The molecule has 1 amide bonds. The molecule has 0 heterocycles. The van der Waals surface area contributed by atoms with Crippen LogP contribution >= 0.6 is 0 Å². The Bertz CT molecular complexity index is 322. The van der Waals surface area contributed by atoms with Gasteiger partial charge in [-0.2, -0.15) is 0 Å². The lowest BCUT2D eigenvalue weighted by Crippen LogP contribution is -2.26. The third-order valence-electron chi connectivity index (χ3n) is 1.58. The van der Waals surface area contributed by atoms with Crippen molar-refractivity contribution in [2.24, 2.45) is 0 Å². The van der Waals surface area contributed by atoms with Gasteiger partial charge in [-0.15, -0.1) is 0 Å². The predicted molar refractivity (Wildman–Crippen MR) is 54.2 cm³/mol. The van der Waals surface area contributed by atoms with Crippen LogP contribution in [0.25, 0.3) is 0 Å². The maximum Gasteiger partial charge on any atom is 0.303 e. The van der Waals surface area contributed by atoms with Gasteiger partial charge in [0.05, 0.1) is 12.2 Å². The highest BCUT2D eigenvalue weighted by Crippen LogP contribution is 1.90. The van der Waals surface area contributed by atoms with Crippen molar-refractivity contribution in [3.63, 3.8) is 0 Å². The van der Waals surface area contributed by atoms with E-state index in [0.717, 1.165) is 6.26 Å². The second-order valence-corrected chi connectivity index (χ2v) is 5.49. The summed E-state index contributed by atoms with van der Waals surface area (Å²) in [7, 11) is -2.99. The van der Waals surface area contributed by atoms with Crippen molar-refractivity contribution in [1.82, 2.24) is 5.32 Å². The summed E-state index contributed by atoms with van der Waals surface area (Å²) < 4.78 is 21.4. The number of hydrogen-bond acceptors (Lipinski definition) is 4. The number of carbonyl (C=O) groups excluding carboxylic acids is 1. The zero-order valence-corrected chi connectivity index (χ0v) is 9.34. The van der Waals surface area contributed by atoms with Crippen LogP contribution in [0.4, 0.5) is 0 Å². The number of carboxylic acids is 1. The Hall–Kier alpha value is -1.11. The average Bonchev–Trinajstić information content (AvgIpc) is 2.07. The van der Waals surface area contributed by atoms with Crippen LogP contribution in [0.2, 0.25) is 0 Å². The maximum absolute atomic E-state index is 10.9. The predicted octanol–water partition coefficient (Wildman–Crippen LogP) is -0.598. The molecular weight excluding hydrogens is 222 g/mol. The molecule has 0 aliphatic rings. The smallest absolute Gasteiger partial charge is 0.303 e. The minimum absolute atomic E-state index is 0.0201. The van der Waals surface area contributed by atoms with E-state index in [-0.39, 0.29) is 31.0 Å². The Kier molecular flexibility index (Phi) is 5.92. The van der Waals surface area contributed by atoms with E-state index in [9.17, 15) is 18.0 Å². The second kappa shape index (κ2) is 6.39. The molecule has 0 atom stereocenters. The van der Waals surface area contributed by atoms with E-state index in [2.05, 4.69) is 5.32 Å². The Morgan fingerprint density at radius 3 is 2.33 bits per heavy atom. The summed E-state index contributed by atoms with van der Waals surface area (Å²) >= 11 is 0. The first kappa shape index (κ1) is 13.9. The molecule has 15 heavy (non-hydrogen) atoms. The fourth-order valence-corrected chi connectivity index (χ4v) is 1.54. The van der Waals surface area contributed by atoms with E-state index in [4.69, 9.17) is 5.11 Å². The number of carbonyl (C=O) groups is 2. The summed E-state index contributed by atoms with van der Waals surface area (Å²) in [6.45, 7) is 0.255. The van der Waals surface area contributed by atoms with Crippen molar-refractivity contribution in [2.45, 2.75) is 19.3 Å². The molecule has 0 bridgehead atoms. The van der Waals surface area contributed by atoms with Gasteiger partial charge in [-0.05, 0) is 6.42 Å². The van der Waals surface area contributed by atoms with E-state index in [1.807, 2.05) is 0 Å². The number of rotatable bonds is 7. The van der Waals surface area contributed by atoms with E-state index >= 15 is 0 Å². The molecule has 0 spiro atoms. The minimum atomic E-state index is -2.99. The first-order chi connectivity index (χ1) is 6.81. The van der Waals surface area contributed by atoms with Gasteiger partial charge in [-0.25, -0.2) is 8.42 Å². The van der Waals surface area contributed by atoms with Crippen LogP contribution in [0.15, 0.2) is 0 Å². The number of nitrogens with one attached hydrogen (secondary N) is 1. The van der Waals surface area contributed by atoms with Gasteiger partial charge in [0.2, 0.25) is 5.91 Å². The topological polar surface area (TPSA) is 101 Å². The van der Waals surface area contributed by atoms with Gasteiger partial charge in [0.15, 0.2) is 0 Å². The molecule has 0 aliphatic carbocycles. The molecule has 0 unspecified atom stereocenters. The van der Waals surface area contributed by atoms with Crippen molar-refractivity contribution >= 4 is 21.7 Å². The normalized spacial score (nSPS) is 11.0. The van der Waals surface area contributed by atoms with E-state index in [0.29, 0.717) is 6.42 Å². The lowest BCUT2D eigenvalue weighted by atomic mass is 10.3. The van der Waals surface area contributed by atoms with Crippen molar-refractivity contribution in [1.29, 1.82) is 0 Å². The zero-order valence-electron chi connectivity index (χ0n) is 8.52. The summed E-state index contributed by atoms with van der Waals surface area (Å²) in [5.41, 5.74) is 0. The van der Waals surface area contributed by atoms with Gasteiger partial charge in [0.25, 0.3) is 0 Å². The highest BCUT2D eigenvalue weighted by molar-refractivity contribution is 7.90. The van der Waals surface area contributed by atoms with Crippen molar-refractivity contribution in [3.8, 4) is 0 Å². The maximum atomic E-state index is 10.9. The van der Waals surface area contributed by atoms with Crippen LogP contribution in [0.1, 0.15) is 19.3 Å². The standard InChI is InChI=1S/C8H15NO5S/c1-15(13,14)6-2-5-9-7(10)3-4-8(11)12/h2-6H2,1H3,(H,9,10)(H,11,12). The van der Waals surface area contributed by atoms with Gasteiger partial charge in [-0.1, -0.05) is 0 Å². The number of carboxylic acid groups (broad SMARTS) is 1. The summed E-state index contributed by atoms with van der Waals surface area (Å²) in [5, 5.41) is 10.7. The van der Waals surface area contributed by atoms with Gasteiger partial charge in [0.1, 0.15) is 9.84 Å². The molecule has 0 saturated heterocycles. The van der Waals surface area contributed by atoms with Crippen LogP contribution in [0.5, 0.6) is 0 Å². The van der Waals surface area contributed by atoms with E-state index < -0.39 is 15.8 Å². The summed E-state index contributed by atoms with van der Waals surface area (Å²) in [6, 6.07) is 0. The molecule has 0 aliphatic heterocycles. The molecule has 0 aromatic heterocycles. The molecule has 0 rings (SSSR count). The zero-order chi connectivity index (χ0) is 11.9. The Balaban J connectivity index is 3.52. The highest BCUT2D eigenvalue weighted by atomic mass is 32.2. The average molecular weight is 237 g/mol. The Labute approximate surface area is 88.6 Å². The lowest BCUT2D eigenvalue weighted by Gasteiger charge is -2.02. The molecule has 6 nitrogen and oxygen atoms in total. The molecule has 0 radical (unpaired) electrons. The number of hydrogen-bond donors (Lipinski definition) is 2. The molecule has 0 aromatic rings. The lowest BCUT2D eigenvalue weighted by molar-refractivity contribution is -0.138. The SMILES string of the molecule is CS(=O)(=O)CCCNC(=O)CCC(=O)O. The molecular formula is C8H15NO5S. The Morgan fingerprint density at radius 1 is 1.27 bits per heavy atom. The fourth-order valence-electron chi connectivity index (χ4n) is 0.871. The molecule has 2 N–H and O–H groups in total. The van der Waals surface area contributed by atoms with Gasteiger partial charge >= 0.3 is 5.97 Å².